The van der Waals surface area contributed by atoms with Crippen molar-refractivity contribution in [3.05, 3.63) is 77.0 Å². The lowest BCUT2D eigenvalue weighted by Crippen LogP contribution is -2.36. The maximum Gasteiger partial charge on any atom is 0.323 e. The minimum atomic E-state index is -1.60. The van der Waals surface area contributed by atoms with E-state index in [-0.39, 0.29) is 16.5 Å². The molecule has 0 saturated carbocycles. The van der Waals surface area contributed by atoms with Gasteiger partial charge in [0.25, 0.3) is 0 Å². The van der Waals surface area contributed by atoms with Gasteiger partial charge in [-0.1, -0.05) is 11.6 Å². The van der Waals surface area contributed by atoms with E-state index in [2.05, 4.69) is 20.6 Å². The monoisotopic (exact) mass is 547 g/mol. The highest BCUT2D eigenvalue weighted by molar-refractivity contribution is 6.30. The average Bonchev–Trinajstić information content (AvgIpc) is 2.92. The predicted molar refractivity (Wildman–Crippen MR) is 133 cm³/mol. The van der Waals surface area contributed by atoms with Crippen LogP contribution < -0.4 is 20.3 Å². The number of benzene rings is 3. The number of ether oxygens (including phenoxy) is 2. The van der Waals surface area contributed by atoms with Crippen LogP contribution in [0, 0.1) is 23.3 Å². The molecular weight excluding hydrogens is 530 g/mol. The van der Waals surface area contributed by atoms with Crippen molar-refractivity contribution in [2.24, 2.45) is 0 Å². The van der Waals surface area contributed by atoms with Gasteiger partial charge in [0, 0.05) is 30.9 Å². The number of hydrogen-bond acceptors (Lipinski definition) is 6. The molecule has 2 amide bonds. The largest absolute Gasteiger partial charge is 0.451 e. The second kappa shape index (κ2) is 10.7. The smallest absolute Gasteiger partial charge is 0.323 e. The number of carbonyl (C=O) groups excluding carboxylic acids is 1. The summed E-state index contributed by atoms with van der Waals surface area (Å²) in [6, 6.07) is 7.19. The molecule has 5 rings (SSSR count). The average molecular weight is 548 g/mol. The number of fused-ring (bicyclic) bond motifs is 1. The Morgan fingerprint density at radius 3 is 2.50 bits per heavy atom. The third-order valence-corrected chi connectivity index (χ3v) is 5.90. The number of carbonyl (C=O) groups is 1. The van der Waals surface area contributed by atoms with Crippen LogP contribution in [0.1, 0.15) is 0 Å². The first-order valence-electron chi connectivity index (χ1n) is 11.3. The zero-order valence-corrected chi connectivity index (χ0v) is 20.2. The zero-order chi connectivity index (χ0) is 26.8. The maximum absolute atomic E-state index is 15.1. The molecule has 0 aliphatic carbocycles. The van der Waals surface area contributed by atoms with Crippen molar-refractivity contribution >= 4 is 45.9 Å². The molecule has 1 fully saturated rings. The summed E-state index contributed by atoms with van der Waals surface area (Å²) < 4.78 is 68.3. The number of urea groups is 1. The standard InChI is InChI=1S/C25H18ClF4N5O3/c26-15-3-1-13(9-16(15)27)32-25(36)34-20-11-17(28)22(29)24(23(20)30)38-14-2-4-18-19(10-14)33-21(12-31-18)35-5-7-37-8-6-35/h1-4,9-12H,5-8H2,(H2,32,34,36). The van der Waals surface area contributed by atoms with E-state index in [0.717, 1.165) is 6.07 Å². The van der Waals surface area contributed by atoms with Crippen LogP contribution in [-0.2, 0) is 4.74 Å². The maximum atomic E-state index is 15.1. The zero-order valence-electron chi connectivity index (χ0n) is 19.4. The number of nitrogens with one attached hydrogen (secondary N) is 2. The van der Waals surface area contributed by atoms with Crippen molar-refractivity contribution in [1.82, 2.24) is 9.97 Å². The first-order valence-corrected chi connectivity index (χ1v) is 11.6. The number of halogens is 5. The number of nitrogens with zero attached hydrogens (tertiary/aromatic N) is 3. The molecule has 0 spiro atoms. The molecule has 1 aliphatic heterocycles. The summed E-state index contributed by atoms with van der Waals surface area (Å²) in [5.74, 6) is -5.74. The van der Waals surface area contributed by atoms with Gasteiger partial charge >= 0.3 is 6.03 Å². The molecule has 4 aromatic rings. The molecule has 1 aliphatic rings. The topological polar surface area (TPSA) is 88.6 Å². The van der Waals surface area contributed by atoms with E-state index < -0.39 is 40.7 Å². The Hall–Kier alpha value is -4.16. The third kappa shape index (κ3) is 5.41. The molecule has 1 aromatic heterocycles. The van der Waals surface area contributed by atoms with Gasteiger partial charge in [-0.2, -0.15) is 4.39 Å². The molecule has 13 heteroatoms. The Labute approximate surface area is 218 Å². The van der Waals surface area contributed by atoms with Gasteiger partial charge in [0.05, 0.1) is 41.2 Å². The van der Waals surface area contributed by atoms with Gasteiger partial charge in [-0.3, -0.25) is 4.98 Å². The lowest BCUT2D eigenvalue weighted by atomic mass is 10.2. The highest BCUT2D eigenvalue weighted by Crippen LogP contribution is 2.35. The van der Waals surface area contributed by atoms with Crippen LogP contribution in [0.25, 0.3) is 11.0 Å². The molecule has 8 nitrogen and oxygen atoms in total. The Kier molecular flexibility index (Phi) is 7.16. The van der Waals surface area contributed by atoms with Gasteiger partial charge in [0.2, 0.25) is 11.6 Å². The number of anilines is 3. The van der Waals surface area contributed by atoms with Crippen molar-refractivity contribution in [3.63, 3.8) is 0 Å². The van der Waals surface area contributed by atoms with Gasteiger partial charge < -0.3 is 25.0 Å². The molecule has 2 N–H and O–H groups in total. The normalized spacial score (nSPS) is 13.4. The van der Waals surface area contributed by atoms with E-state index in [4.69, 9.17) is 21.1 Å². The van der Waals surface area contributed by atoms with Gasteiger partial charge in [-0.15, -0.1) is 0 Å². The van der Waals surface area contributed by atoms with Crippen LogP contribution in [0.5, 0.6) is 11.5 Å². The van der Waals surface area contributed by atoms with E-state index in [1.54, 1.807) is 6.20 Å². The van der Waals surface area contributed by atoms with Crippen molar-refractivity contribution in [2.75, 3.05) is 41.8 Å². The minimum absolute atomic E-state index is 0.00223. The lowest BCUT2D eigenvalue weighted by Gasteiger charge is -2.27. The Morgan fingerprint density at radius 1 is 0.947 bits per heavy atom. The molecule has 196 valence electrons. The predicted octanol–water partition coefficient (Wildman–Crippen LogP) is 6.11. The van der Waals surface area contributed by atoms with E-state index in [0.29, 0.717) is 49.2 Å². The van der Waals surface area contributed by atoms with Crippen molar-refractivity contribution < 1.29 is 31.8 Å². The summed E-state index contributed by atoms with van der Waals surface area (Å²) in [4.78, 5) is 23.1. The quantitative estimate of drug-likeness (QED) is 0.231. The molecular formula is C25H18ClF4N5O3. The Balaban J connectivity index is 1.38. The highest BCUT2D eigenvalue weighted by Gasteiger charge is 2.23. The molecule has 2 heterocycles. The second-order valence-corrected chi connectivity index (χ2v) is 8.56. The van der Waals surface area contributed by atoms with Crippen LogP contribution in [0.15, 0.2) is 48.7 Å². The summed E-state index contributed by atoms with van der Waals surface area (Å²) in [6.45, 7) is 2.36. The van der Waals surface area contributed by atoms with E-state index in [1.807, 2.05) is 4.90 Å². The highest BCUT2D eigenvalue weighted by atomic mass is 35.5. The van der Waals surface area contributed by atoms with Gasteiger partial charge in [-0.05, 0) is 30.3 Å². The van der Waals surface area contributed by atoms with Gasteiger partial charge in [0.15, 0.2) is 11.6 Å². The van der Waals surface area contributed by atoms with Crippen LogP contribution in [0.2, 0.25) is 5.02 Å². The van der Waals surface area contributed by atoms with Gasteiger partial charge in [0.1, 0.15) is 17.4 Å². The Bertz CT molecular complexity index is 1540. The summed E-state index contributed by atoms with van der Waals surface area (Å²) in [5.41, 5.74) is 0.183. The first-order chi connectivity index (χ1) is 18.3. The van der Waals surface area contributed by atoms with E-state index in [1.165, 1.54) is 30.3 Å². The summed E-state index contributed by atoms with van der Waals surface area (Å²) >= 11 is 5.60. The number of hydrogen-bond donors (Lipinski definition) is 2. The van der Waals surface area contributed by atoms with E-state index >= 15 is 4.39 Å². The number of rotatable bonds is 5. The fourth-order valence-corrected chi connectivity index (χ4v) is 3.84. The summed E-state index contributed by atoms with van der Waals surface area (Å²) in [6.07, 6.45) is 1.61. The first kappa shape index (κ1) is 25.5. The molecule has 3 aromatic carbocycles. The van der Waals surface area contributed by atoms with Crippen molar-refractivity contribution in [2.45, 2.75) is 0 Å². The number of morpholine rings is 1. The Morgan fingerprint density at radius 2 is 1.74 bits per heavy atom. The van der Waals surface area contributed by atoms with Crippen LogP contribution >= 0.6 is 11.6 Å². The van der Waals surface area contributed by atoms with Crippen LogP contribution in [-0.4, -0.2) is 42.3 Å². The number of aromatic nitrogens is 2. The molecule has 0 bridgehead atoms. The summed E-state index contributed by atoms with van der Waals surface area (Å²) in [5, 5.41) is 4.13. The van der Waals surface area contributed by atoms with E-state index in [9.17, 15) is 18.0 Å². The molecule has 0 unspecified atom stereocenters. The lowest BCUT2D eigenvalue weighted by molar-refractivity contribution is 0.122. The SMILES string of the molecule is O=C(Nc1ccc(Cl)c(F)c1)Nc1cc(F)c(F)c(Oc2ccc3ncc(N4CCOCC4)nc3c2)c1F. The van der Waals surface area contributed by atoms with Crippen LogP contribution in [0.3, 0.4) is 0 Å². The van der Waals surface area contributed by atoms with Crippen molar-refractivity contribution in [1.29, 1.82) is 0 Å². The minimum Gasteiger partial charge on any atom is -0.451 e. The van der Waals surface area contributed by atoms with Crippen molar-refractivity contribution in [3.8, 4) is 11.5 Å². The third-order valence-electron chi connectivity index (χ3n) is 5.60. The molecule has 38 heavy (non-hydrogen) atoms. The fourth-order valence-electron chi connectivity index (χ4n) is 3.73. The molecule has 0 radical (unpaired) electrons. The second-order valence-electron chi connectivity index (χ2n) is 8.15. The molecule has 1 saturated heterocycles. The number of amides is 2. The fraction of sp³-hybridized carbons (Fsp3) is 0.160. The summed E-state index contributed by atoms with van der Waals surface area (Å²) in [7, 11) is 0. The van der Waals surface area contributed by atoms with Crippen LogP contribution in [0.4, 0.5) is 39.5 Å². The van der Waals surface area contributed by atoms with Gasteiger partial charge in [-0.25, -0.2) is 22.9 Å². The molecule has 0 atom stereocenters.